The van der Waals surface area contributed by atoms with Crippen molar-refractivity contribution in [2.45, 2.75) is 18.2 Å². The largest absolute Gasteiger partial charge is 0.481 e. The summed E-state index contributed by atoms with van der Waals surface area (Å²) in [5.74, 6) is -1.02. The van der Waals surface area contributed by atoms with Gasteiger partial charge in [-0.1, -0.05) is 6.07 Å². The van der Waals surface area contributed by atoms with Gasteiger partial charge in [-0.3, -0.25) is 4.79 Å². The van der Waals surface area contributed by atoms with Gasteiger partial charge in [-0.25, -0.2) is 12.7 Å². The van der Waals surface area contributed by atoms with Gasteiger partial charge in [-0.2, -0.15) is 0 Å². The molecule has 1 aromatic rings. The van der Waals surface area contributed by atoms with Gasteiger partial charge in [0.1, 0.15) is 0 Å². The standard InChI is InChI=1S/C13H20N2O4S/c1-10-5-6-11(9-12(10)14(2)3)20(18,19)15(4)8-7-13(16)17/h5-6,9H,7-8H2,1-4H3,(H,16,17). The monoisotopic (exact) mass is 300 g/mol. The average molecular weight is 300 g/mol. The molecule has 0 fully saturated rings. The first-order chi connectivity index (χ1) is 9.16. The maximum Gasteiger partial charge on any atom is 0.304 e. The van der Waals surface area contributed by atoms with E-state index in [1.54, 1.807) is 12.1 Å². The topological polar surface area (TPSA) is 77.9 Å². The Kier molecular flexibility index (Phi) is 5.13. The average Bonchev–Trinajstić information content (AvgIpc) is 2.35. The van der Waals surface area contributed by atoms with Crippen LogP contribution in [0.1, 0.15) is 12.0 Å². The summed E-state index contributed by atoms with van der Waals surface area (Å²) >= 11 is 0. The van der Waals surface area contributed by atoms with Crippen LogP contribution in [0.2, 0.25) is 0 Å². The molecular formula is C13H20N2O4S. The number of nitrogens with zero attached hydrogens (tertiary/aromatic N) is 2. The highest BCUT2D eigenvalue weighted by atomic mass is 32.2. The van der Waals surface area contributed by atoms with Crippen molar-refractivity contribution in [2.75, 3.05) is 32.6 Å². The Morgan fingerprint density at radius 2 is 1.85 bits per heavy atom. The Morgan fingerprint density at radius 3 is 2.35 bits per heavy atom. The molecular weight excluding hydrogens is 280 g/mol. The third kappa shape index (κ3) is 3.71. The maximum atomic E-state index is 12.3. The Labute approximate surface area is 119 Å². The number of carboxylic acids is 1. The second-order valence-electron chi connectivity index (χ2n) is 4.81. The summed E-state index contributed by atoms with van der Waals surface area (Å²) < 4.78 is 25.8. The zero-order valence-electron chi connectivity index (χ0n) is 12.1. The third-order valence-electron chi connectivity index (χ3n) is 3.01. The van der Waals surface area contributed by atoms with E-state index in [-0.39, 0.29) is 17.9 Å². The molecule has 0 saturated heterocycles. The zero-order chi connectivity index (χ0) is 15.5. The molecule has 0 amide bonds. The lowest BCUT2D eigenvalue weighted by Crippen LogP contribution is -2.29. The summed E-state index contributed by atoms with van der Waals surface area (Å²) in [6.07, 6.45) is -0.220. The first-order valence-corrected chi connectivity index (χ1v) is 7.56. The second kappa shape index (κ2) is 6.23. The number of anilines is 1. The van der Waals surface area contributed by atoms with Gasteiger partial charge in [0.15, 0.2) is 0 Å². The normalized spacial score (nSPS) is 11.7. The van der Waals surface area contributed by atoms with Crippen LogP contribution in [0.4, 0.5) is 5.69 Å². The minimum absolute atomic E-state index is 0.0527. The van der Waals surface area contributed by atoms with Crippen LogP contribution in [0.3, 0.4) is 0 Å². The van der Waals surface area contributed by atoms with Crippen molar-refractivity contribution in [2.24, 2.45) is 0 Å². The fraction of sp³-hybridized carbons (Fsp3) is 0.462. The van der Waals surface area contributed by atoms with Crippen LogP contribution in [0.5, 0.6) is 0 Å². The van der Waals surface area contributed by atoms with E-state index in [0.717, 1.165) is 15.6 Å². The molecule has 0 heterocycles. The molecule has 6 nitrogen and oxygen atoms in total. The van der Waals surface area contributed by atoms with Crippen LogP contribution in [-0.2, 0) is 14.8 Å². The van der Waals surface area contributed by atoms with E-state index in [1.165, 1.54) is 13.1 Å². The molecule has 0 aromatic heterocycles. The van der Waals surface area contributed by atoms with E-state index < -0.39 is 16.0 Å². The fourth-order valence-electron chi connectivity index (χ4n) is 1.78. The van der Waals surface area contributed by atoms with Crippen molar-refractivity contribution in [3.63, 3.8) is 0 Å². The summed E-state index contributed by atoms with van der Waals surface area (Å²) in [6.45, 7) is 1.85. The van der Waals surface area contributed by atoms with E-state index >= 15 is 0 Å². The second-order valence-corrected chi connectivity index (χ2v) is 6.86. The number of sulfonamides is 1. The molecule has 1 aromatic carbocycles. The molecule has 1 rings (SSSR count). The number of rotatable bonds is 6. The van der Waals surface area contributed by atoms with Crippen LogP contribution in [0.15, 0.2) is 23.1 Å². The van der Waals surface area contributed by atoms with E-state index in [4.69, 9.17) is 5.11 Å². The van der Waals surface area contributed by atoms with Gasteiger partial charge in [-0.05, 0) is 24.6 Å². The third-order valence-corrected chi connectivity index (χ3v) is 4.86. The van der Waals surface area contributed by atoms with Crippen molar-refractivity contribution < 1.29 is 18.3 Å². The molecule has 0 atom stereocenters. The smallest absolute Gasteiger partial charge is 0.304 e. The summed E-state index contributed by atoms with van der Waals surface area (Å²) in [5.41, 5.74) is 1.79. The molecule has 0 aliphatic rings. The Morgan fingerprint density at radius 1 is 1.25 bits per heavy atom. The van der Waals surface area contributed by atoms with E-state index in [2.05, 4.69) is 0 Å². The van der Waals surface area contributed by atoms with Gasteiger partial charge >= 0.3 is 5.97 Å². The van der Waals surface area contributed by atoms with Crippen molar-refractivity contribution >= 4 is 21.7 Å². The Bertz CT molecular complexity index is 596. The number of hydrogen-bond donors (Lipinski definition) is 1. The SMILES string of the molecule is Cc1ccc(S(=O)(=O)N(C)CCC(=O)O)cc1N(C)C. The van der Waals surface area contributed by atoms with Crippen LogP contribution in [-0.4, -0.2) is 51.5 Å². The van der Waals surface area contributed by atoms with Crippen molar-refractivity contribution in [1.29, 1.82) is 0 Å². The van der Waals surface area contributed by atoms with Gasteiger partial charge < -0.3 is 10.0 Å². The van der Waals surface area contributed by atoms with Crippen LogP contribution >= 0.6 is 0 Å². The number of carboxylic acid groups (broad SMARTS) is 1. The summed E-state index contributed by atoms with van der Waals surface area (Å²) in [6, 6.07) is 4.88. The quantitative estimate of drug-likeness (QED) is 0.853. The van der Waals surface area contributed by atoms with Gasteiger partial charge in [-0.15, -0.1) is 0 Å². The highest BCUT2D eigenvalue weighted by Crippen LogP contribution is 2.24. The lowest BCUT2D eigenvalue weighted by Gasteiger charge is -2.20. The highest BCUT2D eigenvalue weighted by Gasteiger charge is 2.22. The van der Waals surface area contributed by atoms with Crippen LogP contribution in [0, 0.1) is 6.92 Å². The number of carbonyl (C=O) groups is 1. The lowest BCUT2D eigenvalue weighted by molar-refractivity contribution is -0.137. The maximum absolute atomic E-state index is 12.3. The predicted octanol–water partition coefficient (Wildman–Crippen LogP) is 1.16. The number of benzene rings is 1. The molecule has 7 heteroatoms. The van der Waals surface area contributed by atoms with Gasteiger partial charge in [0.2, 0.25) is 10.0 Å². The van der Waals surface area contributed by atoms with Crippen molar-refractivity contribution in [3.8, 4) is 0 Å². The molecule has 0 aliphatic carbocycles. The van der Waals surface area contributed by atoms with Gasteiger partial charge in [0.05, 0.1) is 11.3 Å². The van der Waals surface area contributed by atoms with Crippen molar-refractivity contribution in [1.82, 2.24) is 4.31 Å². The van der Waals surface area contributed by atoms with E-state index in [0.29, 0.717) is 0 Å². The molecule has 20 heavy (non-hydrogen) atoms. The Balaban J connectivity index is 3.09. The Hall–Kier alpha value is -1.60. The summed E-state index contributed by atoms with van der Waals surface area (Å²) in [7, 11) is 1.40. The molecule has 0 unspecified atom stereocenters. The highest BCUT2D eigenvalue weighted by molar-refractivity contribution is 7.89. The minimum atomic E-state index is -3.66. The predicted molar refractivity (Wildman–Crippen MR) is 77.6 cm³/mol. The molecule has 1 N–H and O–H groups in total. The zero-order valence-corrected chi connectivity index (χ0v) is 12.9. The van der Waals surface area contributed by atoms with Crippen LogP contribution < -0.4 is 4.90 Å². The van der Waals surface area contributed by atoms with Crippen LogP contribution in [0.25, 0.3) is 0 Å². The number of hydrogen-bond acceptors (Lipinski definition) is 4. The molecule has 0 bridgehead atoms. The molecule has 112 valence electrons. The minimum Gasteiger partial charge on any atom is -0.481 e. The van der Waals surface area contributed by atoms with Gasteiger partial charge in [0, 0.05) is 33.4 Å². The summed E-state index contributed by atoms with van der Waals surface area (Å²) in [4.78, 5) is 12.5. The number of aryl methyl sites for hydroxylation is 1. The van der Waals surface area contributed by atoms with E-state index in [1.807, 2.05) is 25.9 Å². The molecule has 0 spiro atoms. The first-order valence-electron chi connectivity index (χ1n) is 6.12. The fourth-order valence-corrected chi connectivity index (χ4v) is 2.98. The van der Waals surface area contributed by atoms with E-state index in [9.17, 15) is 13.2 Å². The number of aliphatic carboxylic acids is 1. The molecule has 0 aliphatic heterocycles. The summed E-state index contributed by atoms with van der Waals surface area (Å²) in [5, 5.41) is 8.62. The van der Waals surface area contributed by atoms with Gasteiger partial charge in [0.25, 0.3) is 0 Å². The first kappa shape index (κ1) is 16.5. The lowest BCUT2D eigenvalue weighted by atomic mass is 10.2. The molecule has 0 radical (unpaired) electrons. The molecule has 0 saturated carbocycles. The van der Waals surface area contributed by atoms with Crippen molar-refractivity contribution in [3.05, 3.63) is 23.8 Å².